The largest absolute Gasteiger partial charge is 0.309 e. The maximum absolute atomic E-state index is 13.3. The topological polar surface area (TPSA) is 84.3 Å². The standard InChI is InChI=1S/C22H22ClFN4O3S/c23-18-4-6-20(7-5-18)32(30,31)28-12-8-17(9-13-28)22(29)25-21-10-11-27(26-21)15-16-2-1-3-19(24)14-16/h1-7,10-11,14,17H,8-9,12-13,15H2,(H,25,26,29). The van der Waals surface area contributed by atoms with Crippen LogP contribution in [0, 0.1) is 11.7 Å². The lowest BCUT2D eigenvalue weighted by Gasteiger charge is -2.30. The third-order valence-electron chi connectivity index (χ3n) is 5.40. The van der Waals surface area contributed by atoms with E-state index in [0.29, 0.717) is 30.2 Å². The SMILES string of the molecule is O=C(Nc1ccn(Cc2cccc(F)c2)n1)C1CCN(S(=O)(=O)c2ccc(Cl)cc2)CC1. The minimum atomic E-state index is -3.62. The van der Waals surface area contributed by atoms with Gasteiger partial charge in [0.05, 0.1) is 11.4 Å². The van der Waals surface area contributed by atoms with Gasteiger partial charge in [-0.25, -0.2) is 12.8 Å². The molecule has 0 unspecified atom stereocenters. The smallest absolute Gasteiger partial charge is 0.243 e. The van der Waals surface area contributed by atoms with E-state index in [1.54, 1.807) is 41.2 Å². The number of benzene rings is 2. The lowest BCUT2D eigenvalue weighted by Crippen LogP contribution is -2.41. The zero-order valence-electron chi connectivity index (χ0n) is 17.1. The predicted molar refractivity (Wildman–Crippen MR) is 119 cm³/mol. The minimum Gasteiger partial charge on any atom is -0.309 e. The number of rotatable bonds is 6. The molecule has 32 heavy (non-hydrogen) atoms. The molecule has 0 radical (unpaired) electrons. The van der Waals surface area contributed by atoms with Gasteiger partial charge >= 0.3 is 0 Å². The number of aromatic nitrogens is 2. The maximum atomic E-state index is 13.3. The maximum Gasteiger partial charge on any atom is 0.243 e. The first-order valence-electron chi connectivity index (χ1n) is 10.2. The number of nitrogens with zero attached hydrogens (tertiary/aromatic N) is 3. The molecule has 7 nitrogen and oxygen atoms in total. The summed E-state index contributed by atoms with van der Waals surface area (Å²) >= 11 is 5.84. The number of halogens is 2. The van der Waals surface area contributed by atoms with Crippen LogP contribution in [-0.2, 0) is 21.4 Å². The van der Waals surface area contributed by atoms with Crippen molar-refractivity contribution in [3.8, 4) is 0 Å². The number of piperidine rings is 1. The molecular weight excluding hydrogens is 455 g/mol. The molecule has 1 fully saturated rings. The fourth-order valence-corrected chi connectivity index (χ4v) is 5.28. The highest BCUT2D eigenvalue weighted by Gasteiger charge is 2.32. The lowest BCUT2D eigenvalue weighted by atomic mass is 9.97. The molecule has 4 rings (SSSR count). The molecule has 1 N–H and O–H groups in total. The van der Waals surface area contributed by atoms with Crippen molar-refractivity contribution in [1.82, 2.24) is 14.1 Å². The molecule has 0 bridgehead atoms. The van der Waals surface area contributed by atoms with Gasteiger partial charge in [-0.1, -0.05) is 23.7 Å². The number of sulfonamides is 1. The first-order chi connectivity index (χ1) is 15.3. The third-order valence-corrected chi connectivity index (χ3v) is 7.57. The van der Waals surface area contributed by atoms with Crippen LogP contribution >= 0.6 is 11.6 Å². The predicted octanol–water partition coefficient (Wildman–Crippen LogP) is 3.76. The van der Waals surface area contributed by atoms with E-state index in [0.717, 1.165) is 5.56 Å². The summed E-state index contributed by atoms with van der Waals surface area (Å²) in [6.07, 6.45) is 2.55. The zero-order valence-corrected chi connectivity index (χ0v) is 18.7. The van der Waals surface area contributed by atoms with Gasteiger partial charge in [-0.15, -0.1) is 0 Å². The molecule has 2 heterocycles. The van der Waals surface area contributed by atoms with Crippen molar-refractivity contribution in [3.63, 3.8) is 0 Å². The first kappa shape index (κ1) is 22.4. The molecule has 0 atom stereocenters. The molecule has 0 spiro atoms. The summed E-state index contributed by atoms with van der Waals surface area (Å²) in [5.41, 5.74) is 0.764. The molecular formula is C22H22ClFN4O3S. The van der Waals surface area contributed by atoms with Gasteiger partial charge in [0.15, 0.2) is 5.82 Å². The fourth-order valence-electron chi connectivity index (χ4n) is 3.68. The van der Waals surface area contributed by atoms with Crippen molar-refractivity contribution in [2.45, 2.75) is 24.3 Å². The third kappa shape index (κ3) is 5.17. The number of amides is 1. The summed E-state index contributed by atoms with van der Waals surface area (Å²) < 4.78 is 41.9. The Balaban J connectivity index is 1.32. The summed E-state index contributed by atoms with van der Waals surface area (Å²) in [5.74, 6) is -0.403. The number of hydrogen-bond donors (Lipinski definition) is 1. The van der Waals surface area contributed by atoms with Crippen molar-refractivity contribution < 1.29 is 17.6 Å². The minimum absolute atomic E-state index is 0.189. The normalized spacial score (nSPS) is 15.6. The van der Waals surface area contributed by atoms with E-state index in [4.69, 9.17) is 11.6 Å². The average Bonchev–Trinajstić information content (AvgIpc) is 3.20. The van der Waals surface area contributed by atoms with Crippen LogP contribution in [0.25, 0.3) is 0 Å². The van der Waals surface area contributed by atoms with Gasteiger partial charge in [0.25, 0.3) is 0 Å². The molecule has 2 aromatic carbocycles. The number of anilines is 1. The highest BCUT2D eigenvalue weighted by atomic mass is 35.5. The van der Waals surface area contributed by atoms with Crippen LogP contribution in [0.15, 0.2) is 65.7 Å². The quantitative estimate of drug-likeness (QED) is 0.587. The van der Waals surface area contributed by atoms with E-state index in [1.165, 1.54) is 28.6 Å². The van der Waals surface area contributed by atoms with Crippen LogP contribution in [0.1, 0.15) is 18.4 Å². The Morgan fingerprint density at radius 3 is 2.53 bits per heavy atom. The van der Waals surface area contributed by atoms with E-state index in [9.17, 15) is 17.6 Å². The second kappa shape index (κ2) is 9.40. The molecule has 168 valence electrons. The molecule has 0 saturated carbocycles. The van der Waals surface area contributed by atoms with E-state index in [1.807, 2.05) is 0 Å². The van der Waals surface area contributed by atoms with Crippen LogP contribution in [-0.4, -0.2) is 41.5 Å². The Hall–Kier alpha value is -2.75. The van der Waals surface area contributed by atoms with Crippen LogP contribution in [0.2, 0.25) is 5.02 Å². The Bertz CT molecular complexity index is 1210. The number of hydrogen-bond acceptors (Lipinski definition) is 4. The lowest BCUT2D eigenvalue weighted by molar-refractivity contribution is -0.120. The summed E-state index contributed by atoms with van der Waals surface area (Å²) in [6.45, 7) is 0.905. The van der Waals surface area contributed by atoms with Gasteiger partial charge < -0.3 is 5.32 Å². The van der Waals surface area contributed by atoms with E-state index >= 15 is 0 Å². The molecule has 1 saturated heterocycles. The van der Waals surface area contributed by atoms with E-state index in [2.05, 4.69) is 10.4 Å². The van der Waals surface area contributed by atoms with Crippen molar-refractivity contribution in [2.75, 3.05) is 18.4 Å². The van der Waals surface area contributed by atoms with Crippen molar-refractivity contribution in [3.05, 3.63) is 77.2 Å². The van der Waals surface area contributed by atoms with E-state index < -0.39 is 10.0 Å². The Morgan fingerprint density at radius 2 is 1.84 bits per heavy atom. The number of carbonyl (C=O) groups is 1. The highest BCUT2D eigenvalue weighted by Crippen LogP contribution is 2.25. The average molecular weight is 477 g/mol. The number of carbonyl (C=O) groups excluding carboxylic acids is 1. The first-order valence-corrected chi connectivity index (χ1v) is 12.0. The van der Waals surface area contributed by atoms with Crippen LogP contribution in [0.5, 0.6) is 0 Å². The summed E-state index contributed by atoms with van der Waals surface area (Å²) in [4.78, 5) is 12.8. The van der Waals surface area contributed by atoms with Crippen molar-refractivity contribution >= 4 is 33.3 Å². The second-order valence-corrected chi connectivity index (χ2v) is 10.0. The summed E-state index contributed by atoms with van der Waals surface area (Å²) in [6, 6.07) is 14.0. The monoisotopic (exact) mass is 476 g/mol. The van der Waals surface area contributed by atoms with Gasteiger partial charge in [0, 0.05) is 36.3 Å². The van der Waals surface area contributed by atoms with Crippen molar-refractivity contribution in [1.29, 1.82) is 0 Å². The number of nitrogens with one attached hydrogen (secondary N) is 1. The molecule has 0 aliphatic carbocycles. The van der Waals surface area contributed by atoms with Crippen LogP contribution in [0.4, 0.5) is 10.2 Å². The zero-order chi connectivity index (χ0) is 22.7. The van der Waals surface area contributed by atoms with Crippen molar-refractivity contribution in [2.24, 2.45) is 5.92 Å². The van der Waals surface area contributed by atoms with Gasteiger partial charge in [0.2, 0.25) is 15.9 Å². The second-order valence-electron chi connectivity index (χ2n) is 7.65. The molecule has 10 heteroatoms. The molecule has 1 amide bonds. The molecule has 1 aliphatic rings. The fraction of sp³-hybridized carbons (Fsp3) is 0.273. The Morgan fingerprint density at radius 1 is 1.12 bits per heavy atom. The Kier molecular flexibility index (Phi) is 6.59. The summed E-state index contributed by atoms with van der Waals surface area (Å²) in [7, 11) is -3.62. The van der Waals surface area contributed by atoms with Gasteiger partial charge in [0.1, 0.15) is 5.82 Å². The summed E-state index contributed by atoms with van der Waals surface area (Å²) in [5, 5.41) is 7.58. The van der Waals surface area contributed by atoms with Gasteiger partial charge in [-0.3, -0.25) is 9.48 Å². The van der Waals surface area contributed by atoms with Crippen LogP contribution < -0.4 is 5.32 Å². The Labute approximate surface area is 190 Å². The molecule has 3 aromatic rings. The van der Waals surface area contributed by atoms with Gasteiger partial charge in [-0.2, -0.15) is 9.40 Å². The molecule has 1 aromatic heterocycles. The highest BCUT2D eigenvalue weighted by molar-refractivity contribution is 7.89. The van der Waals surface area contributed by atoms with E-state index in [-0.39, 0.29) is 35.6 Å². The van der Waals surface area contributed by atoms with Crippen LogP contribution in [0.3, 0.4) is 0 Å². The molecule has 1 aliphatic heterocycles. The van der Waals surface area contributed by atoms with Gasteiger partial charge in [-0.05, 0) is 54.8 Å².